The molecule has 16 heavy (non-hydrogen) atoms. The third kappa shape index (κ3) is 1.19. The largest absolute Gasteiger partial charge is 0.451 e. The average molecular weight is 229 g/mol. The molecule has 3 saturated carbocycles. The molecule has 3 fully saturated rings. The van der Waals surface area contributed by atoms with E-state index in [0.717, 1.165) is 19.3 Å². The SMILES string of the molecule is NC12CC(c3ccnc(C(F)(F)F)n3)(C1)C2. The summed E-state index contributed by atoms with van der Waals surface area (Å²) in [4.78, 5) is 6.86. The number of aromatic nitrogens is 2. The van der Waals surface area contributed by atoms with Crippen molar-refractivity contribution in [2.45, 2.75) is 36.4 Å². The van der Waals surface area contributed by atoms with Crippen LogP contribution < -0.4 is 5.73 Å². The Morgan fingerprint density at radius 1 is 1.25 bits per heavy atom. The molecule has 0 spiro atoms. The minimum absolute atomic E-state index is 0.136. The van der Waals surface area contributed by atoms with E-state index >= 15 is 0 Å². The first-order valence-corrected chi connectivity index (χ1v) is 5.03. The van der Waals surface area contributed by atoms with Crippen molar-refractivity contribution in [1.82, 2.24) is 9.97 Å². The van der Waals surface area contributed by atoms with Crippen LogP contribution in [0.1, 0.15) is 30.8 Å². The molecule has 0 unspecified atom stereocenters. The zero-order valence-corrected chi connectivity index (χ0v) is 8.38. The minimum Gasteiger partial charge on any atom is -0.325 e. The lowest BCUT2D eigenvalue weighted by molar-refractivity contribution is -0.145. The molecule has 0 amide bonds. The van der Waals surface area contributed by atoms with Crippen molar-refractivity contribution in [2.24, 2.45) is 5.73 Å². The van der Waals surface area contributed by atoms with Crippen molar-refractivity contribution < 1.29 is 13.2 Å². The Morgan fingerprint density at radius 2 is 1.88 bits per heavy atom. The summed E-state index contributed by atoms with van der Waals surface area (Å²) >= 11 is 0. The third-order valence-corrected chi connectivity index (χ3v) is 3.52. The lowest BCUT2D eigenvalue weighted by atomic mass is 9.39. The molecule has 3 nitrogen and oxygen atoms in total. The minimum atomic E-state index is -4.47. The van der Waals surface area contributed by atoms with Crippen LogP contribution in [0.3, 0.4) is 0 Å². The lowest BCUT2D eigenvalue weighted by Crippen LogP contribution is -2.74. The smallest absolute Gasteiger partial charge is 0.325 e. The van der Waals surface area contributed by atoms with Crippen LogP contribution in [0.25, 0.3) is 0 Å². The molecular weight excluding hydrogens is 219 g/mol. The summed E-state index contributed by atoms with van der Waals surface area (Å²) in [5.41, 5.74) is 6.02. The van der Waals surface area contributed by atoms with Crippen LogP contribution in [0.2, 0.25) is 0 Å². The first kappa shape index (κ1) is 10.0. The maximum absolute atomic E-state index is 12.4. The van der Waals surface area contributed by atoms with Crippen molar-refractivity contribution >= 4 is 0 Å². The zero-order valence-electron chi connectivity index (χ0n) is 8.38. The predicted octanol–water partition coefficient (Wildman–Crippen LogP) is 1.63. The first-order valence-electron chi connectivity index (χ1n) is 5.03. The van der Waals surface area contributed by atoms with Crippen molar-refractivity contribution in [2.75, 3.05) is 0 Å². The normalized spacial score (nSPS) is 36.5. The zero-order chi connectivity index (χ0) is 11.6. The van der Waals surface area contributed by atoms with Gasteiger partial charge in [0.1, 0.15) is 0 Å². The summed E-state index contributed by atoms with van der Waals surface area (Å²) in [6, 6.07) is 1.56. The number of nitrogens with zero attached hydrogens (tertiary/aromatic N) is 2. The second kappa shape index (κ2) is 2.56. The summed E-state index contributed by atoms with van der Waals surface area (Å²) in [5, 5.41) is 0. The quantitative estimate of drug-likeness (QED) is 0.796. The van der Waals surface area contributed by atoms with E-state index in [1.54, 1.807) is 6.07 Å². The van der Waals surface area contributed by atoms with Crippen molar-refractivity contribution in [3.63, 3.8) is 0 Å². The lowest BCUT2D eigenvalue weighted by Gasteiger charge is -2.68. The molecule has 0 saturated heterocycles. The molecule has 0 radical (unpaired) electrons. The van der Waals surface area contributed by atoms with Crippen LogP contribution in [-0.2, 0) is 11.6 Å². The molecule has 1 aromatic rings. The summed E-state index contributed by atoms with van der Waals surface area (Å²) in [7, 11) is 0. The Balaban J connectivity index is 1.93. The van der Waals surface area contributed by atoms with Crippen LogP contribution in [0.15, 0.2) is 12.3 Å². The van der Waals surface area contributed by atoms with E-state index in [-0.39, 0.29) is 11.0 Å². The monoisotopic (exact) mass is 229 g/mol. The van der Waals surface area contributed by atoms with E-state index in [0.29, 0.717) is 5.69 Å². The Bertz CT molecular complexity index is 435. The van der Waals surface area contributed by atoms with E-state index in [9.17, 15) is 13.2 Å². The number of hydrogen-bond acceptors (Lipinski definition) is 3. The van der Waals surface area contributed by atoms with Gasteiger partial charge in [-0.1, -0.05) is 0 Å². The molecule has 86 valence electrons. The van der Waals surface area contributed by atoms with Gasteiger partial charge in [-0.05, 0) is 25.3 Å². The number of alkyl halides is 3. The van der Waals surface area contributed by atoms with Crippen molar-refractivity contribution in [3.8, 4) is 0 Å². The van der Waals surface area contributed by atoms with Crippen LogP contribution in [0.4, 0.5) is 13.2 Å². The first-order chi connectivity index (χ1) is 7.33. The molecule has 3 aliphatic carbocycles. The Morgan fingerprint density at radius 3 is 2.38 bits per heavy atom. The highest BCUT2D eigenvalue weighted by atomic mass is 19.4. The van der Waals surface area contributed by atoms with Gasteiger partial charge in [0, 0.05) is 17.2 Å². The van der Waals surface area contributed by atoms with Gasteiger partial charge in [0.15, 0.2) is 0 Å². The van der Waals surface area contributed by atoms with Gasteiger partial charge in [-0.3, -0.25) is 0 Å². The summed E-state index contributed by atoms with van der Waals surface area (Å²) in [5.74, 6) is -1.05. The second-order valence-electron chi connectivity index (χ2n) is 4.94. The van der Waals surface area contributed by atoms with Gasteiger partial charge in [-0.2, -0.15) is 13.2 Å². The fourth-order valence-corrected chi connectivity index (χ4v) is 2.93. The highest BCUT2D eigenvalue weighted by molar-refractivity contribution is 5.37. The van der Waals surface area contributed by atoms with Gasteiger partial charge in [0.25, 0.3) is 0 Å². The molecule has 1 aromatic heterocycles. The van der Waals surface area contributed by atoms with E-state index in [2.05, 4.69) is 9.97 Å². The molecule has 2 N–H and O–H groups in total. The summed E-state index contributed by atoms with van der Waals surface area (Å²) < 4.78 is 37.2. The van der Waals surface area contributed by atoms with Crippen LogP contribution in [0.5, 0.6) is 0 Å². The molecule has 1 heterocycles. The molecular formula is C10H10F3N3. The maximum atomic E-state index is 12.4. The molecule has 0 aliphatic heterocycles. The number of nitrogens with two attached hydrogens (primary N) is 1. The van der Waals surface area contributed by atoms with E-state index in [4.69, 9.17) is 5.73 Å². The Labute approximate surface area is 89.9 Å². The molecule has 3 aliphatic rings. The van der Waals surface area contributed by atoms with Crippen LogP contribution in [0, 0.1) is 0 Å². The van der Waals surface area contributed by atoms with Gasteiger partial charge >= 0.3 is 6.18 Å². The molecule has 4 rings (SSSR count). The highest BCUT2D eigenvalue weighted by Gasteiger charge is 2.67. The van der Waals surface area contributed by atoms with E-state index in [1.165, 1.54) is 6.20 Å². The van der Waals surface area contributed by atoms with E-state index in [1.807, 2.05) is 0 Å². The predicted molar refractivity (Wildman–Crippen MR) is 49.5 cm³/mol. The van der Waals surface area contributed by atoms with Gasteiger partial charge in [-0.15, -0.1) is 0 Å². The van der Waals surface area contributed by atoms with Gasteiger partial charge in [-0.25, -0.2) is 9.97 Å². The molecule has 2 bridgehead atoms. The number of halogens is 3. The maximum Gasteiger partial charge on any atom is 0.451 e. The van der Waals surface area contributed by atoms with Crippen LogP contribution in [-0.4, -0.2) is 15.5 Å². The average Bonchev–Trinajstić information content (AvgIpc) is 2.10. The summed E-state index contributed by atoms with van der Waals surface area (Å²) in [6.07, 6.45) is -1.06. The van der Waals surface area contributed by atoms with Gasteiger partial charge in [0.05, 0.1) is 5.69 Å². The molecule has 6 heteroatoms. The fourth-order valence-electron chi connectivity index (χ4n) is 2.93. The number of hydrogen-bond donors (Lipinski definition) is 1. The Kier molecular flexibility index (Phi) is 1.60. The molecule has 0 aromatic carbocycles. The third-order valence-electron chi connectivity index (χ3n) is 3.52. The van der Waals surface area contributed by atoms with Crippen molar-refractivity contribution in [3.05, 3.63) is 23.8 Å². The van der Waals surface area contributed by atoms with Crippen molar-refractivity contribution in [1.29, 1.82) is 0 Å². The van der Waals surface area contributed by atoms with E-state index < -0.39 is 12.0 Å². The standard InChI is InChI=1S/C10H10F3N3/c11-10(12,13)7-15-2-1-6(16-7)8-3-9(14,4-8)5-8/h1-2H,3-5,14H2. The summed E-state index contributed by atoms with van der Waals surface area (Å²) in [6.45, 7) is 0. The number of rotatable bonds is 1. The molecule has 0 atom stereocenters. The van der Waals surface area contributed by atoms with Gasteiger partial charge in [0.2, 0.25) is 5.82 Å². The topological polar surface area (TPSA) is 51.8 Å². The fraction of sp³-hybridized carbons (Fsp3) is 0.600. The second-order valence-corrected chi connectivity index (χ2v) is 4.94. The van der Waals surface area contributed by atoms with Crippen LogP contribution >= 0.6 is 0 Å². The van der Waals surface area contributed by atoms with Gasteiger partial charge < -0.3 is 5.73 Å². The highest BCUT2D eigenvalue weighted by Crippen LogP contribution is 2.65. The Hall–Kier alpha value is -1.17.